The summed E-state index contributed by atoms with van der Waals surface area (Å²) < 4.78 is 5.94. The van der Waals surface area contributed by atoms with Crippen LogP contribution < -0.4 is 0 Å². The van der Waals surface area contributed by atoms with Crippen LogP contribution in [0, 0.1) is 6.92 Å². The van der Waals surface area contributed by atoms with Crippen LogP contribution in [0.25, 0.3) is 0 Å². The number of carboxylic acids is 1. The molecule has 1 atom stereocenters. The molecule has 2 aromatic rings. The van der Waals surface area contributed by atoms with Crippen LogP contribution in [0.2, 0.25) is 0 Å². The third kappa shape index (κ3) is 2.29. The molecule has 0 saturated heterocycles. The summed E-state index contributed by atoms with van der Waals surface area (Å²) in [5.74, 6) is -1.05. The number of aromatic carboxylic acids is 1. The van der Waals surface area contributed by atoms with Crippen LogP contribution in [0.5, 0.6) is 0 Å². The van der Waals surface area contributed by atoms with Crippen molar-refractivity contribution in [1.82, 2.24) is 0 Å². The summed E-state index contributed by atoms with van der Waals surface area (Å²) in [6.07, 6.45) is 0.212. The average molecular weight is 317 g/mol. The van der Waals surface area contributed by atoms with Crippen molar-refractivity contribution in [3.8, 4) is 0 Å². The Hall–Kier alpha value is -1.11. The summed E-state index contributed by atoms with van der Waals surface area (Å²) in [7, 11) is 0. The van der Waals surface area contributed by atoms with Crippen LogP contribution in [0.4, 0.5) is 0 Å². The van der Waals surface area contributed by atoms with Crippen LogP contribution in [0.3, 0.4) is 0 Å². The predicted octanol–water partition coefficient (Wildman–Crippen LogP) is 3.19. The van der Waals surface area contributed by atoms with E-state index in [0.717, 1.165) is 9.35 Å². The summed E-state index contributed by atoms with van der Waals surface area (Å²) in [4.78, 5) is 12.6. The molecular weight excluding hydrogens is 308 g/mol. The van der Waals surface area contributed by atoms with Crippen molar-refractivity contribution in [3.05, 3.63) is 43.9 Å². The minimum Gasteiger partial charge on any atom is -0.478 e. The van der Waals surface area contributed by atoms with Gasteiger partial charge in [-0.1, -0.05) is 0 Å². The number of rotatable bonds is 3. The van der Waals surface area contributed by atoms with Crippen LogP contribution in [-0.2, 0) is 0 Å². The Morgan fingerprint density at radius 3 is 2.82 bits per heavy atom. The molecule has 17 heavy (non-hydrogen) atoms. The molecule has 1 unspecified atom stereocenters. The molecule has 0 radical (unpaired) electrons. The molecule has 0 aliphatic carbocycles. The Morgan fingerprint density at radius 1 is 1.59 bits per heavy atom. The Balaban J connectivity index is 2.40. The molecule has 4 nitrogen and oxygen atoms in total. The van der Waals surface area contributed by atoms with E-state index in [-0.39, 0.29) is 11.3 Å². The molecule has 2 aromatic heterocycles. The fourth-order valence-corrected chi connectivity index (χ4v) is 3.00. The Morgan fingerprint density at radius 2 is 2.29 bits per heavy atom. The highest BCUT2D eigenvalue weighted by Gasteiger charge is 2.23. The van der Waals surface area contributed by atoms with Crippen molar-refractivity contribution in [2.24, 2.45) is 0 Å². The number of aliphatic hydroxyl groups is 1. The molecule has 0 bridgehead atoms. The van der Waals surface area contributed by atoms with E-state index in [2.05, 4.69) is 15.9 Å². The van der Waals surface area contributed by atoms with E-state index < -0.39 is 12.1 Å². The predicted molar refractivity (Wildman–Crippen MR) is 66.5 cm³/mol. The van der Waals surface area contributed by atoms with Crippen molar-refractivity contribution < 1.29 is 19.4 Å². The van der Waals surface area contributed by atoms with Gasteiger partial charge in [-0.2, -0.15) is 0 Å². The van der Waals surface area contributed by atoms with E-state index in [1.54, 1.807) is 6.07 Å². The van der Waals surface area contributed by atoms with Crippen LogP contribution in [-0.4, -0.2) is 16.2 Å². The van der Waals surface area contributed by atoms with Gasteiger partial charge in [0.2, 0.25) is 0 Å². The second kappa shape index (κ2) is 4.64. The molecule has 0 amide bonds. The highest BCUT2D eigenvalue weighted by Crippen LogP contribution is 2.35. The van der Waals surface area contributed by atoms with E-state index in [0.29, 0.717) is 4.88 Å². The van der Waals surface area contributed by atoms with Gasteiger partial charge in [0.15, 0.2) is 5.76 Å². The summed E-state index contributed by atoms with van der Waals surface area (Å²) >= 11 is 4.74. The summed E-state index contributed by atoms with van der Waals surface area (Å²) in [5.41, 5.74) is -0.0142. The van der Waals surface area contributed by atoms with Gasteiger partial charge in [-0.05, 0) is 35.0 Å². The maximum Gasteiger partial charge on any atom is 0.339 e. The largest absolute Gasteiger partial charge is 0.478 e. The zero-order valence-electron chi connectivity index (χ0n) is 8.81. The molecule has 0 spiro atoms. The smallest absolute Gasteiger partial charge is 0.339 e. The van der Waals surface area contributed by atoms with Gasteiger partial charge in [-0.3, -0.25) is 0 Å². The molecule has 2 heterocycles. The number of carbonyl (C=O) groups is 1. The van der Waals surface area contributed by atoms with Crippen molar-refractivity contribution >= 4 is 33.2 Å². The molecule has 0 aromatic carbocycles. The van der Waals surface area contributed by atoms with Gasteiger partial charge in [0.1, 0.15) is 11.7 Å². The lowest BCUT2D eigenvalue weighted by atomic mass is 10.1. The summed E-state index contributed by atoms with van der Waals surface area (Å²) in [5, 5.41) is 19.0. The molecule has 0 saturated carbocycles. The van der Waals surface area contributed by atoms with Crippen LogP contribution in [0.15, 0.2) is 27.3 Å². The lowest BCUT2D eigenvalue weighted by molar-refractivity contribution is 0.0688. The molecule has 90 valence electrons. The number of aliphatic hydroxyl groups excluding tert-OH is 1. The van der Waals surface area contributed by atoms with E-state index in [9.17, 15) is 9.90 Å². The fraction of sp³-hybridized carbons (Fsp3) is 0.182. The van der Waals surface area contributed by atoms with Crippen molar-refractivity contribution in [3.63, 3.8) is 0 Å². The normalized spacial score (nSPS) is 12.6. The topological polar surface area (TPSA) is 70.7 Å². The van der Waals surface area contributed by atoms with Gasteiger partial charge >= 0.3 is 5.97 Å². The first-order valence-electron chi connectivity index (χ1n) is 4.75. The van der Waals surface area contributed by atoms with Gasteiger partial charge < -0.3 is 14.6 Å². The molecular formula is C11H9BrO4S. The monoisotopic (exact) mass is 316 g/mol. The highest BCUT2D eigenvalue weighted by molar-refractivity contribution is 9.10. The van der Waals surface area contributed by atoms with Gasteiger partial charge in [0.05, 0.1) is 6.26 Å². The Kier molecular flexibility index (Phi) is 3.37. The number of carboxylic acid groups (broad SMARTS) is 1. The summed E-state index contributed by atoms with van der Waals surface area (Å²) in [6, 6.07) is 3.09. The number of hydrogen-bond acceptors (Lipinski definition) is 4. The molecule has 2 rings (SSSR count). The molecule has 2 N–H and O–H groups in total. The third-order valence-corrected chi connectivity index (χ3v) is 4.51. The van der Waals surface area contributed by atoms with Gasteiger partial charge in [-0.15, -0.1) is 11.3 Å². The minimum atomic E-state index is -1.11. The van der Waals surface area contributed by atoms with Crippen molar-refractivity contribution in [2.75, 3.05) is 0 Å². The van der Waals surface area contributed by atoms with Crippen molar-refractivity contribution in [2.45, 2.75) is 13.0 Å². The first-order chi connectivity index (χ1) is 8.00. The lowest BCUT2D eigenvalue weighted by Gasteiger charge is -2.05. The maximum absolute atomic E-state index is 10.9. The summed E-state index contributed by atoms with van der Waals surface area (Å²) in [6.45, 7) is 1.91. The van der Waals surface area contributed by atoms with Gasteiger partial charge in [0.25, 0.3) is 0 Å². The standard InChI is InChI=1S/C11H9BrO4S/c1-5-7(12)4-8(17-5)9(13)10-6(11(14)15)2-3-16-10/h2-4,9,13H,1H3,(H,14,15). The number of thiophene rings is 1. The van der Waals surface area contributed by atoms with Crippen LogP contribution >= 0.6 is 27.3 Å². The third-order valence-electron chi connectivity index (χ3n) is 2.32. The minimum absolute atomic E-state index is 0.0142. The number of aryl methyl sites for hydroxylation is 1. The number of hydrogen-bond donors (Lipinski definition) is 2. The molecule has 0 aliphatic rings. The van der Waals surface area contributed by atoms with E-state index in [1.165, 1.54) is 23.7 Å². The zero-order chi connectivity index (χ0) is 12.6. The molecule has 6 heteroatoms. The first-order valence-corrected chi connectivity index (χ1v) is 6.36. The van der Waals surface area contributed by atoms with E-state index >= 15 is 0 Å². The van der Waals surface area contributed by atoms with Gasteiger partial charge in [0, 0.05) is 14.2 Å². The van der Waals surface area contributed by atoms with Crippen LogP contribution in [0.1, 0.15) is 32.0 Å². The maximum atomic E-state index is 10.9. The number of furan rings is 1. The van der Waals surface area contributed by atoms with Crippen molar-refractivity contribution in [1.29, 1.82) is 0 Å². The molecule has 0 aliphatic heterocycles. The quantitative estimate of drug-likeness (QED) is 0.912. The SMILES string of the molecule is Cc1sc(C(O)c2occc2C(=O)O)cc1Br. The molecule has 0 fully saturated rings. The zero-order valence-corrected chi connectivity index (χ0v) is 11.2. The number of halogens is 1. The average Bonchev–Trinajstić information content (AvgIpc) is 2.85. The lowest BCUT2D eigenvalue weighted by Crippen LogP contribution is -2.04. The second-order valence-electron chi connectivity index (χ2n) is 3.46. The van der Waals surface area contributed by atoms with E-state index in [4.69, 9.17) is 9.52 Å². The second-order valence-corrected chi connectivity index (χ2v) is 5.60. The van der Waals surface area contributed by atoms with Gasteiger partial charge in [-0.25, -0.2) is 4.79 Å². The fourth-order valence-electron chi connectivity index (χ4n) is 1.45. The Labute approximate surface area is 110 Å². The van der Waals surface area contributed by atoms with E-state index in [1.807, 2.05) is 6.92 Å². The first kappa shape index (κ1) is 12.3. The highest BCUT2D eigenvalue weighted by atomic mass is 79.9. The Bertz CT molecular complexity index is 538.